The molecule has 1 saturated heterocycles. The van der Waals surface area contributed by atoms with Gasteiger partial charge in [0.2, 0.25) is 0 Å². The summed E-state index contributed by atoms with van der Waals surface area (Å²) in [6.07, 6.45) is -1.63. The van der Waals surface area contributed by atoms with E-state index in [4.69, 9.17) is 16.3 Å². The molecule has 9 nitrogen and oxygen atoms in total. The van der Waals surface area contributed by atoms with Gasteiger partial charge in [0.15, 0.2) is 14.6 Å². The molecular formula is C23H28ClN2O7S+. The molecule has 34 heavy (non-hydrogen) atoms. The molecule has 0 spiro atoms. The fourth-order valence-electron chi connectivity index (χ4n) is 4.40. The summed E-state index contributed by atoms with van der Waals surface area (Å²) in [6.45, 7) is 5.09. The van der Waals surface area contributed by atoms with Crippen LogP contribution in [-0.2, 0) is 14.6 Å². The molecule has 0 aromatic heterocycles. The Morgan fingerprint density at radius 2 is 1.47 bits per heavy atom. The highest BCUT2D eigenvalue weighted by Gasteiger charge is 2.61. The van der Waals surface area contributed by atoms with E-state index < -0.39 is 36.6 Å². The maximum absolute atomic E-state index is 13.7. The number of nitrogens with one attached hydrogen (secondary N) is 1. The van der Waals surface area contributed by atoms with Crippen LogP contribution in [0.3, 0.4) is 0 Å². The van der Waals surface area contributed by atoms with E-state index >= 15 is 0 Å². The number of hydrogen-bond donors (Lipinski definition) is 3. The average molecular weight is 512 g/mol. The van der Waals surface area contributed by atoms with Crippen molar-refractivity contribution in [1.29, 1.82) is 0 Å². The molecule has 0 unspecified atom stereocenters. The Balaban J connectivity index is 1.93. The summed E-state index contributed by atoms with van der Waals surface area (Å²) < 4.78 is 30.6. The van der Waals surface area contributed by atoms with E-state index in [9.17, 15) is 28.3 Å². The summed E-state index contributed by atoms with van der Waals surface area (Å²) in [4.78, 5) is 24.8. The number of benzene rings is 2. The third-order valence-electron chi connectivity index (χ3n) is 6.66. The van der Waals surface area contributed by atoms with Crippen molar-refractivity contribution in [3.63, 3.8) is 0 Å². The number of halogens is 1. The summed E-state index contributed by atoms with van der Waals surface area (Å²) in [5.74, 6) is -0.195. The second kappa shape index (κ2) is 9.18. The normalized spacial score (nSPS) is 23.2. The highest BCUT2D eigenvalue weighted by molar-refractivity contribution is 7.93. The van der Waals surface area contributed by atoms with Crippen LogP contribution in [0.5, 0.6) is 11.5 Å². The zero-order chi connectivity index (χ0) is 25.4. The molecule has 1 fully saturated rings. The number of sulfone groups is 1. The van der Waals surface area contributed by atoms with Gasteiger partial charge in [0, 0.05) is 17.9 Å². The number of carbonyl (C=O) groups excluding carboxylic acids is 1. The van der Waals surface area contributed by atoms with E-state index in [1.807, 2.05) is 0 Å². The Kier molecular flexibility index (Phi) is 7.01. The molecule has 1 aliphatic heterocycles. The topological polar surface area (TPSA) is 130 Å². The SMILES string of the molecule is CC(C)(C)[N+]1(C(=O)O)CCC(C(=O)NO)(S(=O)(=O)c2ccc(Oc3ccc(Cl)cc3)cc2)CC1. The molecular weight excluding hydrogens is 484 g/mol. The van der Waals surface area contributed by atoms with Gasteiger partial charge in [0.25, 0.3) is 5.91 Å². The Hall–Kier alpha value is -2.66. The number of hydroxylamine groups is 1. The number of quaternary nitrogens is 1. The van der Waals surface area contributed by atoms with Crippen molar-refractivity contribution in [3.05, 3.63) is 53.6 Å². The molecule has 11 heteroatoms. The number of rotatable bonds is 5. The van der Waals surface area contributed by atoms with Gasteiger partial charge in [-0.25, -0.2) is 18.4 Å². The number of hydrogen-bond acceptors (Lipinski definition) is 6. The van der Waals surface area contributed by atoms with E-state index in [2.05, 4.69) is 0 Å². The summed E-state index contributed by atoms with van der Waals surface area (Å²) in [7, 11) is -4.30. The number of ether oxygens (including phenoxy) is 1. The maximum atomic E-state index is 13.7. The number of piperidine rings is 1. The summed E-state index contributed by atoms with van der Waals surface area (Å²) in [5.41, 5.74) is 0.763. The predicted octanol–water partition coefficient (Wildman–Crippen LogP) is 4.24. The highest BCUT2D eigenvalue weighted by atomic mass is 35.5. The quantitative estimate of drug-likeness (QED) is 0.311. The Labute approximate surface area is 203 Å². The maximum Gasteiger partial charge on any atom is 0.513 e. The first kappa shape index (κ1) is 26.0. The van der Waals surface area contributed by atoms with Crippen LogP contribution in [0, 0.1) is 0 Å². The molecule has 3 N–H and O–H groups in total. The molecule has 1 aliphatic rings. The average Bonchev–Trinajstić information content (AvgIpc) is 2.79. The van der Waals surface area contributed by atoms with Crippen molar-refractivity contribution < 1.29 is 37.5 Å². The largest absolute Gasteiger partial charge is 0.513 e. The highest BCUT2D eigenvalue weighted by Crippen LogP contribution is 2.42. The Bertz CT molecular complexity index is 1170. The molecule has 1 heterocycles. The second-order valence-corrected chi connectivity index (χ2v) is 12.0. The van der Waals surface area contributed by atoms with Crippen molar-refractivity contribution >= 4 is 33.4 Å². The van der Waals surface area contributed by atoms with Gasteiger partial charge in [0.05, 0.1) is 18.0 Å². The lowest BCUT2D eigenvalue weighted by Crippen LogP contribution is -2.70. The van der Waals surface area contributed by atoms with E-state index in [1.54, 1.807) is 45.0 Å². The van der Waals surface area contributed by atoms with E-state index in [-0.39, 0.29) is 30.8 Å². The van der Waals surface area contributed by atoms with Crippen LogP contribution in [0.1, 0.15) is 33.6 Å². The molecule has 0 saturated carbocycles. The first-order valence-corrected chi connectivity index (χ1v) is 12.5. The number of carbonyl (C=O) groups is 2. The second-order valence-electron chi connectivity index (χ2n) is 9.33. The van der Waals surface area contributed by atoms with Gasteiger partial charge in [-0.15, -0.1) is 0 Å². The van der Waals surface area contributed by atoms with Crippen LogP contribution in [-0.4, -0.2) is 58.6 Å². The molecule has 2 amide bonds. The van der Waals surface area contributed by atoms with Crippen molar-refractivity contribution in [2.75, 3.05) is 13.1 Å². The molecule has 0 aliphatic carbocycles. The summed E-state index contributed by atoms with van der Waals surface area (Å²) >= 11 is 5.86. The fraction of sp³-hybridized carbons (Fsp3) is 0.391. The van der Waals surface area contributed by atoms with Gasteiger partial charge in [-0.2, -0.15) is 4.79 Å². The van der Waals surface area contributed by atoms with E-state index in [0.29, 0.717) is 16.5 Å². The predicted molar refractivity (Wildman–Crippen MR) is 125 cm³/mol. The fourth-order valence-corrected chi connectivity index (χ4v) is 6.48. The monoisotopic (exact) mass is 511 g/mol. The van der Waals surface area contributed by atoms with Crippen molar-refractivity contribution in [2.24, 2.45) is 0 Å². The number of nitrogens with zero attached hydrogens (tertiary/aromatic N) is 1. The Morgan fingerprint density at radius 3 is 1.88 bits per heavy atom. The van der Waals surface area contributed by atoms with Gasteiger partial charge in [-0.05, 0) is 69.3 Å². The van der Waals surface area contributed by atoms with Gasteiger partial charge >= 0.3 is 6.09 Å². The first-order chi connectivity index (χ1) is 15.8. The molecule has 0 bridgehead atoms. The van der Waals surface area contributed by atoms with Crippen molar-refractivity contribution in [1.82, 2.24) is 5.48 Å². The number of carboxylic acid groups (broad SMARTS) is 1. The molecule has 2 aromatic carbocycles. The van der Waals surface area contributed by atoms with Crippen molar-refractivity contribution in [2.45, 2.75) is 48.8 Å². The van der Waals surface area contributed by atoms with Gasteiger partial charge in [-0.3, -0.25) is 10.0 Å². The molecule has 3 rings (SSSR count). The Morgan fingerprint density at radius 1 is 1.00 bits per heavy atom. The van der Waals surface area contributed by atoms with E-state index in [0.717, 1.165) is 0 Å². The van der Waals surface area contributed by atoms with Crippen LogP contribution >= 0.6 is 11.6 Å². The van der Waals surface area contributed by atoms with Gasteiger partial charge in [0.1, 0.15) is 17.0 Å². The zero-order valence-corrected chi connectivity index (χ0v) is 20.7. The minimum absolute atomic E-state index is 0.0940. The van der Waals surface area contributed by atoms with Crippen LogP contribution < -0.4 is 10.2 Å². The molecule has 2 aromatic rings. The van der Waals surface area contributed by atoms with Crippen molar-refractivity contribution in [3.8, 4) is 11.5 Å². The van der Waals surface area contributed by atoms with Crippen LogP contribution in [0.2, 0.25) is 5.02 Å². The minimum atomic E-state index is -4.30. The third-order valence-corrected chi connectivity index (χ3v) is 9.43. The lowest BCUT2D eigenvalue weighted by atomic mass is 9.88. The number of likely N-dealkylation sites (tertiary alicyclic amines) is 1. The van der Waals surface area contributed by atoms with Crippen LogP contribution in [0.25, 0.3) is 0 Å². The van der Waals surface area contributed by atoms with Crippen LogP contribution in [0.15, 0.2) is 53.4 Å². The smallest absolute Gasteiger partial charge is 0.457 e. The van der Waals surface area contributed by atoms with Gasteiger partial charge < -0.3 is 9.84 Å². The lowest BCUT2D eigenvalue weighted by molar-refractivity contribution is -0.908. The first-order valence-electron chi connectivity index (χ1n) is 10.6. The number of amides is 2. The third kappa shape index (κ3) is 4.38. The van der Waals surface area contributed by atoms with E-state index in [1.165, 1.54) is 29.7 Å². The zero-order valence-electron chi connectivity index (χ0n) is 19.1. The minimum Gasteiger partial charge on any atom is -0.457 e. The molecule has 0 radical (unpaired) electrons. The molecule has 0 atom stereocenters. The lowest BCUT2D eigenvalue weighted by Gasteiger charge is -2.49. The van der Waals surface area contributed by atoms with Gasteiger partial charge in [-0.1, -0.05) is 11.6 Å². The van der Waals surface area contributed by atoms with Crippen LogP contribution in [0.4, 0.5) is 4.79 Å². The summed E-state index contributed by atoms with van der Waals surface area (Å²) in [6, 6.07) is 12.2. The molecule has 184 valence electrons. The standard InChI is InChI=1S/C23H27ClN2O7S/c1-22(2,3)26(21(28)29)14-12-23(13-15-26,20(27)25-30)34(31,32)19-10-8-18(9-11-19)33-17-6-4-16(24)5-7-17/h4-11H,12-15H2,1-3H3,(H2-,25,27,28,29,30)/p+1. The summed E-state index contributed by atoms with van der Waals surface area (Å²) in [5, 5.41) is 19.9.